The van der Waals surface area contributed by atoms with E-state index >= 15 is 0 Å². The standard InChI is InChI=1S/C27H36FN7O3S/c1-16(2)26-19-10-25(32-24-6-8-29-27(33-24)34-9-7-23(38-4)21(28)14-34)30-11-20(19)22(12-31-26)35-13-18(17(35)3)15-39(5,36)37/h6,8,10-12,16-18,21,23H,7,9,13-15H2,1-5H3,(H,29,30,32,33)/t17-,18-,21-,23+/m1/s1. The SMILES string of the molecule is CO[C@H]1CCN(c2nccc(Nc3cc4c(C(C)C)ncc(N5C[C@H](CS(C)(=O)=O)[C@H]5C)c4cn3)n2)C[C@H]1F. The van der Waals surface area contributed by atoms with Crippen LogP contribution >= 0.6 is 0 Å². The minimum absolute atomic E-state index is 0.0877. The molecule has 2 saturated heterocycles. The van der Waals surface area contributed by atoms with Crippen molar-refractivity contribution < 1.29 is 17.5 Å². The highest BCUT2D eigenvalue weighted by molar-refractivity contribution is 7.90. The zero-order chi connectivity index (χ0) is 27.9. The molecule has 12 heteroatoms. The molecule has 5 rings (SSSR count). The van der Waals surface area contributed by atoms with Crippen molar-refractivity contribution in [1.29, 1.82) is 0 Å². The normalized spacial score (nSPS) is 23.8. The number of alkyl halides is 1. The van der Waals surface area contributed by atoms with Crippen molar-refractivity contribution in [3.8, 4) is 0 Å². The lowest BCUT2D eigenvalue weighted by atomic mass is 9.90. The molecular formula is C27H36FN7O3S. The van der Waals surface area contributed by atoms with E-state index in [0.29, 0.717) is 37.1 Å². The molecule has 0 radical (unpaired) electrons. The Kier molecular flexibility index (Phi) is 7.60. The van der Waals surface area contributed by atoms with E-state index in [9.17, 15) is 12.8 Å². The highest BCUT2D eigenvalue weighted by atomic mass is 32.2. The number of piperidine rings is 1. The van der Waals surface area contributed by atoms with Crippen LogP contribution in [0.3, 0.4) is 0 Å². The van der Waals surface area contributed by atoms with Gasteiger partial charge in [0.05, 0.1) is 36.0 Å². The van der Waals surface area contributed by atoms with Crippen molar-refractivity contribution in [3.05, 3.63) is 36.4 Å². The Bertz CT molecular complexity index is 1450. The average molecular weight is 558 g/mol. The molecule has 4 atom stereocenters. The first kappa shape index (κ1) is 27.4. The fraction of sp³-hybridized carbons (Fsp3) is 0.556. The highest BCUT2D eigenvalue weighted by Crippen LogP contribution is 2.38. The topological polar surface area (TPSA) is 113 Å². The summed E-state index contributed by atoms with van der Waals surface area (Å²) in [6, 6.07) is 3.82. The molecule has 3 aromatic rings. The molecule has 0 aliphatic carbocycles. The van der Waals surface area contributed by atoms with E-state index in [4.69, 9.17) is 9.72 Å². The van der Waals surface area contributed by atoms with Crippen LogP contribution in [0, 0.1) is 5.92 Å². The summed E-state index contributed by atoms with van der Waals surface area (Å²) in [7, 11) is -1.50. The number of hydrogen-bond donors (Lipinski definition) is 1. The summed E-state index contributed by atoms with van der Waals surface area (Å²) in [5.74, 6) is 2.10. The fourth-order valence-corrected chi connectivity index (χ4v) is 6.68. The molecule has 0 unspecified atom stereocenters. The number of anilines is 4. The minimum atomic E-state index is -3.04. The first-order valence-corrected chi connectivity index (χ1v) is 15.3. The van der Waals surface area contributed by atoms with Crippen LogP contribution in [0.2, 0.25) is 0 Å². The number of methoxy groups -OCH3 is 1. The van der Waals surface area contributed by atoms with Crippen LogP contribution in [0.15, 0.2) is 30.7 Å². The Labute approximate surface area is 228 Å². The number of ether oxygens (including phenoxy) is 1. The van der Waals surface area contributed by atoms with Crippen molar-refractivity contribution in [2.75, 3.05) is 53.9 Å². The Hall–Kier alpha value is -3.12. The predicted molar refractivity (Wildman–Crippen MR) is 151 cm³/mol. The Morgan fingerprint density at radius 1 is 1.15 bits per heavy atom. The lowest BCUT2D eigenvalue weighted by molar-refractivity contribution is 0.0194. The quantitative estimate of drug-likeness (QED) is 0.440. The maximum absolute atomic E-state index is 14.4. The van der Waals surface area contributed by atoms with Crippen molar-refractivity contribution in [3.63, 3.8) is 0 Å². The van der Waals surface area contributed by atoms with Crippen molar-refractivity contribution >= 4 is 43.9 Å². The first-order chi connectivity index (χ1) is 18.5. The summed E-state index contributed by atoms with van der Waals surface area (Å²) in [5, 5.41) is 5.23. The van der Waals surface area contributed by atoms with Gasteiger partial charge in [0.2, 0.25) is 5.95 Å². The van der Waals surface area contributed by atoms with Gasteiger partial charge >= 0.3 is 0 Å². The van der Waals surface area contributed by atoms with Crippen molar-refractivity contribution in [2.24, 2.45) is 5.92 Å². The van der Waals surface area contributed by atoms with Gasteiger partial charge in [0, 0.05) is 61.6 Å². The molecule has 3 aromatic heterocycles. The smallest absolute Gasteiger partial charge is 0.227 e. The number of nitrogens with zero attached hydrogens (tertiary/aromatic N) is 6. The van der Waals surface area contributed by atoms with E-state index in [1.165, 1.54) is 13.4 Å². The molecule has 0 saturated carbocycles. The van der Waals surface area contributed by atoms with Gasteiger partial charge in [-0.1, -0.05) is 13.8 Å². The first-order valence-electron chi connectivity index (χ1n) is 13.3. The van der Waals surface area contributed by atoms with Crippen LogP contribution < -0.4 is 15.1 Å². The molecule has 210 valence electrons. The van der Waals surface area contributed by atoms with E-state index in [1.807, 2.05) is 23.4 Å². The predicted octanol–water partition coefficient (Wildman–Crippen LogP) is 3.72. The van der Waals surface area contributed by atoms with Crippen LogP contribution in [0.4, 0.5) is 27.7 Å². The third kappa shape index (κ3) is 5.76. The molecule has 1 N–H and O–H groups in total. The number of nitrogens with one attached hydrogen (secondary N) is 1. The van der Waals surface area contributed by atoms with Crippen LogP contribution in [0.25, 0.3) is 10.8 Å². The number of sulfone groups is 1. The summed E-state index contributed by atoms with van der Waals surface area (Å²) in [6.07, 6.45) is 5.73. The average Bonchev–Trinajstić information content (AvgIpc) is 2.89. The van der Waals surface area contributed by atoms with Crippen LogP contribution in [0.1, 0.15) is 38.8 Å². The summed E-state index contributed by atoms with van der Waals surface area (Å²) >= 11 is 0. The van der Waals surface area contributed by atoms with Crippen LogP contribution in [0.5, 0.6) is 0 Å². The van der Waals surface area contributed by atoms with E-state index in [-0.39, 0.29) is 30.2 Å². The molecule has 0 amide bonds. The molecule has 10 nitrogen and oxygen atoms in total. The van der Waals surface area contributed by atoms with Crippen molar-refractivity contribution in [2.45, 2.75) is 51.4 Å². The van der Waals surface area contributed by atoms with E-state index in [0.717, 1.165) is 22.2 Å². The molecule has 0 aromatic carbocycles. The van der Waals surface area contributed by atoms with Gasteiger partial charge in [0.1, 0.15) is 27.6 Å². The van der Waals surface area contributed by atoms with Gasteiger partial charge in [-0.05, 0) is 31.4 Å². The summed E-state index contributed by atoms with van der Waals surface area (Å²) in [6.45, 7) is 7.72. The second kappa shape index (κ2) is 10.8. The third-order valence-corrected chi connectivity index (χ3v) is 8.76. The number of fused-ring (bicyclic) bond motifs is 1. The van der Waals surface area contributed by atoms with Gasteiger partial charge in [-0.3, -0.25) is 4.98 Å². The Morgan fingerprint density at radius 2 is 1.95 bits per heavy atom. The Morgan fingerprint density at radius 3 is 2.62 bits per heavy atom. The fourth-order valence-electron chi connectivity index (χ4n) is 5.52. The second-order valence-electron chi connectivity index (χ2n) is 10.9. The van der Waals surface area contributed by atoms with Gasteiger partial charge in [0.25, 0.3) is 0 Å². The number of rotatable bonds is 8. The molecule has 5 heterocycles. The van der Waals surface area contributed by atoms with E-state index < -0.39 is 22.1 Å². The summed E-state index contributed by atoms with van der Waals surface area (Å²) in [5.41, 5.74) is 1.91. The van der Waals surface area contributed by atoms with Gasteiger partial charge in [-0.15, -0.1) is 0 Å². The van der Waals surface area contributed by atoms with Crippen molar-refractivity contribution in [1.82, 2.24) is 19.9 Å². The largest absolute Gasteiger partial charge is 0.378 e. The third-order valence-electron chi connectivity index (χ3n) is 7.73. The monoisotopic (exact) mass is 557 g/mol. The highest BCUT2D eigenvalue weighted by Gasteiger charge is 2.38. The van der Waals surface area contributed by atoms with Crippen LogP contribution in [-0.2, 0) is 14.6 Å². The van der Waals surface area contributed by atoms with Crippen LogP contribution in [-0.4, -0.2) is 85.4 Å². The lowest BCUT2D eigenvalue weighted by Gasteiger charge is -2.48. The molecule has 39 heavy (non-hydrogen) atoms. The van der Waals surface area contributed by atoms with Gasteiger partial charge in [-0.25, -0.2) is 22.8 Å². The molecular weight excluding hydrogens is 521 g/mol. The number of hydrogen-bond acceptors (Lipinski definition) is 10. The molecule has 2 aliphatic heterocycles. The summed E-state index contributed by atoms with van der Waals surface area (Å²) < 4.78 is 43.3. The van der Waals surface area contributed by atoms with Gasteiger partial charge in [0.15, 0.2) is 0 Å². The Balaban J connectivity index is 1.40. The molecule has 2 fully saturated rings. The molecule has 2 aliphatic rings. The lowest BCUT2D eigenvalue weighted by Crippen LogP contribution is -2.57. The second-order valence-corrected chi connectivity index (χ2v) is 13.1. The number of pyridine rings is 2. The number of aromatic nitrogens is 4. The number of halogens is 1. The molecule has 0 bridgehead atoms. The van der Waals surface area contributed by atoms with Gasteiger partial charge < -0.3 is 19.9 Å². The zero-order valence-electron chi connectivity index (χ0n) is 23.0. The van der Waals surface area contributed by atoms with E-state index in [2.05, 4.69) is 45.9 Å². The maximum Gasteiger partial charge on any atom is 0.227 e. The summed E-state index contributed by atoms with van der Waals surface area (Å²) in [4.78, 5) is 22.5. The van der Waals surface area contributed by atoms with E-state index in [1.54, 1.807) is 12.3 Å². The zero-order valence-corrected chi connectivity index (χ0v) is 23.8. The minimum Gasteiger partial charge on any atom is -0.378 e. The molecule has 0 spiro atoms. The van der Waals surface area contributed by atoms with Gasteiger partial charge in [-0.2, -0.15) is 4.98 Å². The maximum atomic E-state index is 14.4.